The van der Waals surface area contributed by atoms with Crippen LogP contribution in [0.2, 0.25) is 0 Å². The molecule has 2 nitrogen and oxygen atoms in total. The van der Waals surface area contributed by atoms with E-state index in [1.807, 2.05) is 0 Å². The largest absolute Gasteiger partial charge is 0.146 e. The monoisotopic (exact) mass is 103 g/mol. The minimum absolute atomic E-state index is 0. The Balaban J connectivity index is -0.0000000275. The van der Waals surface area contributed by atoms with Gasteiger partial charge in [0.1, 0.15) is 5.40 Å². The number of rotatable bonds is 0. The van der Waals surface area contributed by atoms with Gasteiger partial charge in [0.15, 0.2) is 0 Å². The van der Waals surface area contributed by atoms with Crippen molar-refractivity contribution in [1.82, 2.24) is 0 Å². The molecule has 0 fully saturated rings. The molecule has 40 valence electrons. The Labute approximate surface area is 32.7 Å². The van der Waals surface area contributed by atoms with Crippen molar-refractivity contribution in [1.29, 1.82) is 0 Å². The van der Waals surface area contributed by atoms with Crippen LogP contribution in [-0.2, 0) is 0 Å². The van der Waals surface area contributed by atoms with Crippen LogP contribution in [-0.4, -0.2) is 0 Å². The summed E-state index contributed by atoms with van der Waals surface area (Å²) < 4.78 is 25.4. The zero-order valence-electron chi connectivity index (χ0n) is 1.99. The maximum Gasteiger partial charge on any atom is 0.146 e. The molecule has 0 aromatic carbocycles. The Morgan fingerprint density at radius 3 is 1.33 bits per heavy atom. The number of nitroso groups, excluding NO2 is 1. The quantitative estimate of drug-likeness (QED) is 0.431. The summed E-state index contributed by atoms with van der Waals surface area (Å²) >= 11 is 0. The van der Waals surface area contributed by atoms with Crippen molar-refractivity contribution in [2.75, 3.05) is 0 Å². The van der Waals surface area contributed by atoms with Gasteiger partial charge in [-0.15, -0.1) is 4.91 Å². The first-order chi connectivity index (χ1) is 2.41. The summed E-state index contributed by atoms with van der Waals surface area (Å²) in [7, 11) is 0. The lowest BCUT2D eigenvalue weighted by atomic mass is 12.0. The number of hydrogen-bond acceptors (Lipinski definition) is 2. The minimum Gasteiger partial charge on any atom is -0.113 e. The summed E-state index contributed by atoms with van der Waals surface area (Å²) in [6.07, 6.45) is 0. The van der Waals surface area contributed by atoms with Gasteiger partial charge in [0.25, 0.3) is 0 Å². The van der Waals surface area contributed by atoms with Crippen molar-refractivity contribution < 1.29 is 13.6 Å². The number of nitrogens with zero attached hydrogens (tertiary/aromatic N) is 1. The van der Waals surface area contributed by atoms with E-state index in [1.165, 1.54) is 0 Å². The van der Waals surface area contributed by atoms with Gasteiger partial charge in [-0.25, -0.2) is 0 Å². The Morgan fingerprint density at radius 1 is 1.33 bits per heavy atom. The maximum atomic E-state index is 9.36. The Hall–Kier alpha value is -0.610. The summed E-state index contributed by atoms with van der Waals surface area (Å²) in [6, 6.07) is 0. The van der Waals surface area contributed by atoms with Crippen LogP contribution in [0.25, 0.3) is 0 Å². The van der Waals surface area contributed by atoms with Crippen LogP contribution in [0.4, 0.5) is 13.6 Å². The van der Waals surface area contributed by atoms with Gasteiger partial charge >= 0.3 is 0 Å². The molecule has 6 heavy (non-hydrogen) atoms. The SMILES string of the molecule is C.FF.O=NF. The summed E-state index contributed by atoms with van der Waals surface area (Å²) in [6.45, 7) is 0. The molecule has 0 saturated heterocycles. The molecular formula is CH4F3NO. The second-order valence-corrected chi connectivity index (χ2v) is 0.0690. The summed E-state index contributed by atoms with van der Waals surface area (Å²) in [4.78, 5) is 7.89. The smallest absolute Gasteiger partial charge is 0.113 e. The third-order valence-corrected chi connectivity index (χ3v) is 0. The molecular weight excluding hydrogens is 99.0 g/mol. The van der Waals surface area contributed by atoms with Gasteiger partial charge < -0.3 is 0 Å². The predicted octanol–water partition coefficient (Wildman–Crippen LogP) is 2.11. The molecule has 0 amide bonds. The minimum atomic E-state index is 0. The van der Waals surface area contributed by atoms with Gasteiger partial charge in [0.2, 0.25) is 0 Å². The normalized spacial score (nSPS) is 3.17. The average Bonchev–Trinajstić information content (AvgIpc) is 1.46. The lowest BCUT2D eigenvalue weighted by Crippen LogP contribution is -1.00. The highest BCUT2D eigenvalue weighted by Gasteiger charge is 1.27. The van der Waals surface area contributed by atoms with Crippen LogP contribution in [0.3, 0.4) is 0 Å². The highest BCUT2D eigenvalue weighted by molar-refractivity contribution is 3.84. The molecule has 0 N–H and O–H groups in total. The molecule has 5 heteroatoms. The molecule has 0 atom stereocenters. The second-order valence-electron chi connectivity index (χ2n) is 0.0690. The molecule has 0 heterocycles. The van der Waals surface area contributed by atoms with Crippen molar-refractivity contribution in [3.05, 3.63) is 4.91 Å². The highest BCUT2D eigenvalue weighted by atomic mass is 20.0. The van der Waals surface area contributed by atoms with Gasteiger partial charge in [0.05, 0.1) is 0 Å². The van der Waals surface area contributed by atoms with E-state index in [-0.39, 0.29) is 7.43 Å². The first-order valence-electron chi connectivity index (χ1n) is 0.494. The standard InChI is InChI=1S/CH4.F2.FNO/c;1-2;1-2-3/h1H4;;. The average molecular weight is 103 g/mol. The summed E-state index contributed by atoms with van der Waals surface area (Å²) in [5.41, 5.74) is 0. The number of hydrogen-bond donors (Lipinski definition) is 0. The zero-order chi connectivity index (χ0) is 4.71. The fourth-order valence-electron chi connectivity index (χ4n) is 0. The van der Waals surface area contributed by atoms with Gasteiger partial charge in [-0.05, 0) is 4.48 Å². The molecule has 0 saturated carbocycles. The molecule has 0 aromatic heterocycles. The molecule has 0 rings (SSSR count). The molecule has 0 radical (unpaired) electrons. The predicted molar refractivity (Wildman–Crippen MR) is 15.9 cm³/mol. The lowest BCUT2D eigenvalue weighted by molar-refractivity contribution is 0.108. The molecule has 0 bridgehead atoms. The van der Waals surface area contributed by atoms with Crippen molar-refractivity contribution >= 4 is 0 Å². The summed E-state index contributed by atoms with van der Waals surface area (Å²) in [5.74, 6) is 0. The van der Waals surface area contributed by atoms with Crippen LogP contribution in [0.15, 0.2) is 5.40 Å². The van der Waals surface area contributed by atoms with E-state index in [0.29, 0.717) is 0 Å². The van der Waals surface area contributed by atoms with E-state index < -0.39 is 0 Å². The maximum absolute atomic E-state index is 9.36. The van der Waals surface area contributed by atoms with Gasteiger partial charge in [-0.1, -0.05) is 7.43 Å². The third-order valence-electron chi connectivity index (χ3n) is 0. The lowest BCUT2D eigenvalue weighted by Gasteiger charge is -1.19. The van der Waals surface area contributed by atoms with E-state index in [4.69, 9.17) is 14.1 Å². The molecule has 0 spiro atoms. The zero-order valence-corrected chi connectivity index (χ0v) is 1.99. The van der Waals surface area contributed by atoms with Crippen LogP contribution >= 0.6 is 0 Å². The fraction of sp³-hybridized carbons (Fsp3) is 1.00. The van der Waals surface area contributed by atoms with Crippen molar-refractivity contribution in [3.8, 4) is 0 Å². The molecule has 0 aliphatic heterocycles. The van der Waals surface area contributed by atoms with Crippen molar-refractivity contribution in [2.45, 2.75) is 7.43 Å². The van der Waals surface area contributed by atoms with E-state index in [1.54, 1.807) is 0 Å². The molecule has 0 aliphatic rings. The van der Waals surface area contributed by atoms with Crippen molar-refractivity contribution in [2.24, 2.45) is 5.40 Å². The van der Waals surface area contributed by atoms with Gasteiger partial charge in [-0.3, -0.25) is 0 Å². The van der Waals surface area contributed by atoms with Gasteiger partial charge in [0, 0.05) is 9.15 Å². The van der Waals surface area contributed by atoms with Crippen LogP contribution < -0.4 is 0 Å². The fourth-order valence-corrected chi connectivity index (χ4v) is 0. The van der Waals surface area contributed by atoms with E-state index in [0.717, 1.165) is 5.40 Å². The first-order valence-corrected chi connectivity index (χ1v) is 0.494. The molecule has 0 aliphatic carbocycles. The van der Waals surface area contributed by atoms with E-state index in [9.17, 15) is 4.48 Å². The van der Waals surface area contributed by atoms with E-state index >= 15 is 0 Å². The summed E-state index contributed by atoms with van der Waals surface area (Å²) in [5, 5.41) is 0.750. The van der Waals surface area contributed by atoms with Gasteiger partial charge in [-0.2, -0.15) is 0 Å². The molecule has 0 unspecified atom stereocenters. The van der Waals surface area contributed by atoms with Crippen molar-refractivity contribution in [3.63, 3.8) is 0 Å². The highest BCUT2D eigenvalue weighted by Crippen LogP contribution is 1.48. The third kappa shape index (κ3) is 52.0. The van der Waals surface area contributed by atoms with Crippen LogP contribution in [0, 0.1) is 4.91 Å². The first kappa shape index (κ1) is 18.2. The number of halogens is 3. The Kier molecular flexibility index (Phi) is 1010. The van der Waals surface area contributed by atoms with Crippen LogP contribution in [0.1, 0.15) is 7.43 Å². The topological polar surface area (TPSA) is 29.4 Å². The Bertz CT molecular complexity index is 18.3. The second kappa shape index (κ2) is 332. The Morgan fingerprint density at radius 2 is 1.33 bits per heavy atom. The molecule has 0 aromatic rings. The van der Waals surface area contributed by atoms with E-state index in [2.05, 4.69) is 0 Å². The van der Waals surface area contributed by atoms with Crippen LogP contribution in [0.5, 0.6) is 0 Å².